The maximum Gasteiger partial charge on any atom is 0.416 e. The van der Waals surface area contributed by atoms with E-state index in [1.807, 2.05) is 60.4 Å². The standard InChI is InChI=1S/C15H13F3N2.C9H11NO/c1-10-8-12(15(16,17)18)9-14(19-10)20-7-6-11-4-2-3-5-13(11)20;1-8-4-3-5-9(6-8)10(2)7-11/h2-5,8-9H,6-7H2,1H3;3-7H,1-2H3. The highest BCUT2D eigenvalue weighted by Crippen LogP contribution is 2.36. The molecule has 3 aromatic rings. The van der Waals surface area contributed by atoms with Crippen molar-refractivity contribution in [1.82, 2.24) is 4.98 Å². The monoisotopic (exact) mass is 427 g/mol. The van der Waals surface area contributed by atoms with Crippen LogP contribution in [-0.2, 0) is 17.4 Å². The molecule has 0 saturated heterocycles. The van der Waals surface area contributed by atoms with E-state index in [2.05, 4.69) is 4.98 Å². The average Bonchev–Trinajstić information content (AvgIpc) is 3.17. The Morgan fingerprint density at radius 2 is 1.77 bits per heavy atom. The Balaban J connectivity index is 0.000000210. The van der Waals surface area contributed by atoms with E-state index < -0.39 is 11.7 Å². The van der Waals surface area contributed by atoms with Crippen molar-refractivity contribution in [3.8, 4) is 0 Å². The molecule has 1 amide bonds. The molecule has 0 N–H and O–H groups in total. The number of aromatic nitrogens is 1. The van der Waals surface area contributed by atoms with Crippen molar-refractivity contribution in [3.63, 3.8) is 0 Å². The number of hydrogen-bond donors (Lipinski definition) is 0. The highest BCUT2D eigenvalue weighted by molar-refractivity contribution is 5.74. The van der Waals surface area contributed by atoms with Crippen molar-refractivity contribution >= 4 is 23.6 Å². The Hall–Kier alpha value is -3.35. The van der Waals surface area contributed by atoms with E-state index >= 15 is 0 Å². The number of amides is 1. The lowest BCUT2D eigenvalue weighted by atomic mass is 10.2. The molecule has 31 heavy (non-hydrogen) atoms. The van der Waals surface area contributed by atoms with Gasteiger partial charge in [0.2, 0.25) is 6.41 Å². The van der Waals surface area contributed by atoms with Gasteiger partial charge >= 0.3 is 6.18 Å². The number of hydrogen-bond acceptors (Lipinski definition) is 3. The molecule has 0 atom stereocenters. The fourth-order valence-corrected chi connectivity index (χ4v) is 3.44. The lowest BCUT2D eigenvalue weighted by Gasteiger charge is -2.20. The second-order valence-corrected chi connectivity index (χ2v) is 7.44. The van der Waals surface area contributed by atoms with Crippen molar-refractivity contribution in [2.24, 2.45) is 0 Å². The molecular formula is C24H24F3N3O. The van der Waals surface area contributed by atoms with Crippen LogP contribution >= 0.6 is 0 Å². The highest BCUT2D eigenvalue weighted by Gasteiger charge is 2.32. The molecule has 7 heteroatoms. The van der Waals surface area contributed by atoms with E-state index in [0.717, 1.165) is 47.5 Å². The maximum absolute atomic E-state index is 12.9. The van der Waals surface area contributed by atoms with Crippen molar-refractivity contribution in [2.75, 3.05) is 23.4 Å². The van der Waals surface area contributed by atoms with Crippen LogP contribution < -0.4 is 9.80 Å². The molecule has 2 heterocycles. The van der Waals surface area contributed by atoms with Gasteiger partial charge < -0.3 is 9.80 Å². The van der Waals surface area contributed by atoms with Gasteiger partial charge in [-0.25, -0.2) is 4.98 Å². The van der Waals surface area contributed by atoms with Crippen molar-refractivity contribution in [3.05, 3.63) is 83.0 Å². The number of nitrogens with zero attached hydrogens (tertiary/aromatic N) is 3. The van der Waals surface area contributed by atoms with Crippen LogP contribution in [0.1, 0.15) is 22.4 Å². The second-order valence-electron chi connectivity index (χ2n) is 7.44. The molecule has 0 fully saturated rings. The number of carbonyl (C=O) groups is 1. The summed E-state index contributed by atoms with van der Waals surface area (Å²) < 4.78 is 38.7. The molecule has 0 aliphatic carbocycles. The van der Waals surface area contributed by atoms with Gasteiger partial charge in [0, 0.05) is 30.7 Å². The highest BCUT2D eigenvalue weighted by atomic mass is 19.4. The summed E-state index contributed by atoms with van der Waals surface area (Å²) in [5, 5.41) is 0. The van der Waals surface area contributed by atoms with Gasteiger partial charge in [-0.2, -0.15) is 13.2 Å². The number of carbonyl (C=O) groups excluding carboxylic acids is 1. The van der Waals surface area contributed by atoms with Gasteiger partial charge in [0.15, 0.2) is 0 Å². The summed E-state index contributed by atoms with van der Waals surface area (Å²) in [7, 11) is 1.74. The molecule has 4 rings (SSSR count). The first kappa shape index (κ1) is 22.3. The molecule has 2 aromatic carbocycles. The van der Waals surface area contributed by atoms with E-state index in [1.165, 1.54) is 0 Å². The van der Waals surface area contributed by atoms with Gasteiger partial charge in [-0.1, -0.05) is 30.3 Å². The first-order chi connectivity index (χ1) is 14.7. The van der Waals surface area contributed by atoms with Gasteiger partial charge in [-0.05, 0) is 61.7 Å². The van der Waals surface area contributed by atoms with Gasteiger partial charge in [0.25, 0.3) is 0 Å². The lowest BCUT2D eigenvalue weighted by molar-refractivity contribution is -0.137. The van der Waals surface area contributed by atoms with Crippen LogP contribution in [0.25, 0.3) is 0 Å². The third-order valence-electron chi connectivity index (χ3n) is 5.00. The summed E-state index contributed by atoms with van der Waals surface area (Å²) in [5.74, 6) is 0.363. The number of para-hydroxylation sites is 1. The molecule has 0 saturated carbocycles. The van der Waals surface area contributed by atoms with Crippen LogP contribution in [0.2, 0.25) is 0 Å². The number of pyridine rings is 1. The Labute approximate surface area is 179 Å². The topological polar surface area (TPSA) is 36.4 Å². The van der Waals surface area contributed by atoms with Crippen molar-refractivity contribution < 1.29 is 18.0 Å². The molecule has 4 nitrogen and oxygen atoms in total. The summed E-state index contributed by atoms with van der Waals surface area (Å²) in [6.45, 7) is 4.25. The van der Waals surface area contributed by atoms with E-state index in [0.29, 0.717) is 18.1 Å². The average molecular weight is 427 g/mol. The van der Waals surface area contributed by atoms with Crippen LogP contribution in [0.4, 0.5) is 30.4 Å². The number of alkyl halides is 3. The number of rotatable bonds is 3. The number of benzene rings is 2. The molecule has 1 aliphatic rings. The van der Waals surface area contributed by atoms with Gasteiger partial charge in [-0.15, -0.1) is 0 Å². The van der Waals surface area contributed by atoms with E-state index in [9.17, 15) is 18.0 Å². The third kappa shape index (κ3) is 5.42. The summed E-state index contributed by atoms with van der Waals surface area (Å²) in [4.78, 5) is 18.0. The largest absolute Gasteiger partial charge is 0.416 e. The molecule has 0 radical (unpaired) electrons. The number of anilines is 3. The molecule has 0 unspecified atom stereocenters. The molecule has 0 spiro atoms. The summed E-state index contributed by atoms with van der Waals surface area (Å²) >= 11 is 0. The zero-order valence-electron chi connectivity index (χ0n) is 17.6. The van der Waals surface area contributed by atoms with E-state index in [4.69, 9.17) is 0 Å². The molecule has 1 aliphatic heterocycles. The van der Waals surface area contributed by atoms with Crippen LogP contribution in [0.5, 0.6) is 0 Å². The Morgan fingerprint density at radius 3 is 2.45 bits per heavy atom. The fourth-order valence-electron chi connectivity index (χ4n) is 3.44. The number of halogens is 3. The molecule has 162 valence electrons. The second kappa shape index (κ2) is 9.20. The maximum atomic E-state index is 12.9. The van der Waals surface area contributed by atoms with Crippen molar-refractivity contribution in [2.45, 2.75) is 26.4 Å². The van der Waals surface area contributed by atoms with E-state index in [1.54, 1.807) is 18.9 Å². The van der Waals surface area contributed by atoms with Gasteiger partial charge in [0.05, 0.1) is 5.56 Å². The van der Waals surface area contributed by atoms with Crippen LogP contribution in [0.15, 0.2) is 60.7 Å². The van der Waals surface area contributed by atoms with Crippen LogP contribution in [-0.4, -0.2) is 25.0 Å². The summed E-state index contributed by atoms with van der Waals surface area (Å²) in [6, 6.07) is 17.7. The molecular weight excluding hydrogens is 403 g/mol. The first-order valence-electron chi connectivity index (χ1n) is 9.85. The minimum atomic E-state index is -4.35. The number of fused-ring (bicyclic) bond motifs is 1. The predicted octanol–water partition coefficient (Wildman–Crippen LogP) is 5.69. The Morgan fingerprint density at radius 1 is 1.03 bits per heavy atom. The van der Waals surface area contributed by atoms with E-state index in [-0.39, 0.29) is 0 Å². The van der Waals surface area contributed by atoms with Gasteiger partial charge in [0.1, 0.15) is 5.82 Å². The third-order valence-corrected chi connectivity index (χ3v) is 5.00. The zero-order valence-corrected chi connectivity index (χ0v) is 17.6. The van der Waals surface area contributed by atoms with Crippen molar-refractivity contribution in [1.29, 1.82) is 0 Å². The Kier molecular flexibility index (Phi) is 6.63. The first-order valence-corrected chi connectivity index (χ1v) is 9.85. The quantitative estimate of drug-likeness (QED) is 0.504. The van der Waals surface area contributed by atoms with Crippen LogP contribution in [0.3, 0.4) is 0 Å². The summed E-state index contributed by atoms with van der Waals surface area (Å²) in [5.41, 5.74) is 3.91. The molecule has 1 aromatic heterocycles. The SMILES string of the molecule is Cc1cc(C(F)(F)F)cc(N2CCc3ccccc32)n1.Cc1cccc(N(C)C=O)c1. The lowest BCUT2D eigenvalue weighted by Crippen LogP contribution is -2.17. The minimum absolute atomic E-state index is 0.363. The zero-order chi connectivity index (χ0) is 22.6. The Bertz CT molecular complexity index is 1070. The molecule has 0 bridgehead atoms. The summed E-state index contributed by atoms with van der Waals surface area (Å²) in [6.07, 6.45) is -2.72. The predicted molar refractivity (Wildman–Crippen MR) is 117 cm³/mol. The normalized spacial score (nSPS) is 12.6. The fraction of sp³-hybridized carbons (Fsp3) is 0.250. The van der Waals surface area contributed by atoms with Crippen LogP contribution in [0, 0.1) is 13.8 Å². The van der Waals surface area contributed by atoms with Gasteiger partial charge in [-0.3, -0.25) is 4.79 Å². The smallest absolute Gasteiger partial charge is 0.326 e. The minimum Gasteiger partial charge on any atom is -0.326 e. The number of aryl methyl sites for hydroxylation is 2.